The van der Waals surface area contributed by atoms with Crippen LogP contribution in [0.2, 0.25) is 0 Å². The van der Waals surface area contributed by atoms with Crippen molar-refractivity contribution >= 4 is 21.9 Å². The third-order valence-electron chi connectivity index (χ3n) is 5.75. The molecule has 1 heterocycles. The van der Waals surface area contributed by atoms with E-state index in [9.17, 15) is 18.0 Å². The Labute approximate surface area is 201 Å². The number of carbonyl (C=O) groups excluding carboxylic acids is 2. The summed E-state index contributed by atoms with van der Waals surface area (Å²) in [5.74, 6) is -0.933. The van der Waals surface area contributed by atoms with Gasteiger partial charge in [0.15, 0.2) is 6.04 Å². The lowest BCUT2D eigenvalue weighted by Crippen LogP contribution is -2.57. The fraction of sp³-hybridized carbons (Fsp3) is 0.440. The molecule has 0 aliphatic carbocycles. The molecule has 1 saturated heterocycles. The number of benzene rings is 2. The van der Waals surface area contributed by atoms with E-state index in [2.05, 4.69) is 0 Å². The second-order valence-electron chi connectivity index (χ2n) is 8.44. The Kier molecular flexibility index (Phi) is 9.20. The topological polar surface area (TPSA) is 93.2 Å². The first-order chi connectivity index (χ1) is 16.3. The zero-order valence-electron chi connectivity index (χ0n) is 19.6. The van der Waals surface area contributed by atoms with E-state index >= 15 is 0 Å². The monoisotopic (exact) mass is 488 g/mol. The first-order valence-corrected chi connectivity index (χ1v) is 13.2. The number of hydrogen-bond acceptors (Lipinski definition) is 6. The van der Waals surface area contributed by atoms with Gasteiger partial charge in [-0.15, -0.1) is 0 Å². The van der Waals surface area contributed by atoms with Crippen molar-refractivity contribution in [2.24, 2.45) is 0 Å². The summed E-state index contributed by atoms with van der Waals surface area (Å²) < 4.78 is 37.5. The van der Waals surface area contributed by atoms with Crippen molar-refractivity contribution in [3.63, 3.8) is 0 Å². The SMILES string of the molecule is C[C@@H](OCc1ccccc1)[C@@H](C(=O)OCc1ccccc1)N1CN(S(C)(=O)=O)CCCCC1=O. The largest absolute Gasteiger partial charge is 0.459 e. The minimum absolute atomic E-state index is 0.0411. The smallest absolute Gasteiger partial charge is 0.331 e. The van der Waals surface area contributed by atoms with E-state index in [1.54, 1.807) is 6.92 Å². The number of rotatable bonds is 9. The molecule has 0 N–H and O–H groups in total. The van der Waals surface area contributed by atoms with Crippen LogP contribution in [0.25, 0.3) is 0 Å². The molecule has 0 bridgehead atoms. The molecule has 0 saturated carbocycles. The molecule has 0 aromatic heterocycles. The van der Waals surface area contributed by atoms with E-state index in [0.29, 0.717) is 12.8 Å². The molecular weight excluding hydrogens is 456 g/mol. The standard InChI is InChI=1S/C25H32N2O6S/c1-20(32-17-21-11-5-3-6-12-21)24(25(29)33-18-22-13-7-4-8-14-22)27-19-26(34(2,30)31)16-10-9-15-23(27)28/h3-8,11-14,20,24H,9-10,15-19H2,1-2H3/t20-,24+/m1/s1. The maximum Gasteiger partial charge on any atom is 0.331 e. The Bertz CT molecular complexity index is 1050. The fourth-order valence-corrected chi connectivity index (χ4v) is 4.62. The van der Waals surface area contributed by atoms with Crippen LogP contribution in [0, 0.1) is 0 Å². The maximum atomic E-state index is 13.3. The second kappa shape index (κ2) is 12.1. The van der Waals surface area contributed by atoms with Crippen molar-refractivity contribution in [3.8, 4) is 0 Å². The van der Waals surface area contributed by atoms with Gasteiger partial charge in [0.25, 0.3) is 0 Å². The van der Waals surface area contributed by atoms with Gasteiger partial charge in [0.05, 0.1) is 25.6 Å². The summed E-state index contributed by atoms with van der Waals surface area (Å²) in [5.41, 5.74) is 1.73. The van der Waals surface area contributed by atoms with Gasteiger partial charge in [0.1, 0.15) is 6.61 Å². The summed E-state index contributed by atoms with van der Waals surface area (Å²) in [4.78, 5) is 27.7. The summed E-state index contributed by atoms with van der Waals surface area (Å²) in [7, 11) is -3.57. The number of hydrogen-bond donors (Lipinski definition) is 0. The Balaban J connectivity index is 1.84. The van der Waals surface area contributed by atoms with Crippen LogP contribution in [0.1, 0.15) is 37.3 Å². The highest BCUT2D eigenvalue weighted by Gasteiger charge is 2.39. The predicted molar refractivity (Wildman–Crippen MR) is 128 cm³/mol. The molecule has 2 aromatic carbocycles. The molecule has 1 aliphatic rings. The van der Waals surface area contributed by atoms with Gasteiger partial charge in [0, 0.05) is 13.0 Å². The van der Waals surface area contributed by atoms with Gasteiger partial charge in [-0.25, -0.2) is 13.2 Å². The van der Waals surface area contributed by atoms with Crippen molar-refractivity contribution in [2.75, 3.05) is 19.5 Å². The zero-order chi connectivity index (χ0) is 24.6. The van der Waals surface area contributed by atoms with E-state index in [-0.39, 0.29) is 38.8 Å². The van der Waals surface area contributed by atoms with Crippen LogP contribution in [-0.4, -0.2) is 61.1 Å². The van der Waals surface area contributed by atoms with Gasteiger partial charge < -0.3 is 14.4 Å². The zero-order valence-corrected chi connectivity index (χ0v) is 20.4. The molecule has 1 aliphatic heterocycles. The highest BCUT2D eigenvalue weighted by molar-refractivity contribution is 7.88. The molecule has 184 valence electrons. The first kappa shape index (κ1) is 25.9. The highest BCUT2D eigenvalue weighted by atomic mass is 32.2. The Morgan fingerprint density at radius 1 is 0.971 bits per heavy atom. The van der Waals surface area contributed by atoms with Crippen LogP contribution in [-0.2, 0) is 42.3 Å². The summed E-state index contributed by atoms with van der Waals surface area (Å²) in [5, 5.41) is 0. The molecule has 2 atom stereocenters. The molecule has 1 fully saturated rings. The third kappa shape index (κ3) is 7.38. The summed E-state index contributed by atoms with van der Waals surface area (Å²) >= 11 is 0. The van der Waals surface area contributed by atoms with Crippen molar-refractivity contribution in [1.82, 2.24) is 9.21 Å². The Morgan fingerprint density at radius 2 is 1.56 bits per heavy atom. The summed E-state index contributed by atoms with van der Waals surface area (Å²) in [6.07, 6.45) is 1.72. The lowest BCUT2D eigenvalue weighted by atomic mass is 10.1. The minimum atomic E-state index is -3.57. The summed E-state index contributed by atoms with van der Waals surface area (Å²) in [6.45, 7) is 2.05. The fourth-order valence-electron chi connectivity index (χ4n) is 3.82. The van der Waals surface area contributed by atoms with E-state index in [1.807, 2.05) is 60.7 Å². The van der Waals surface area contributed by atoms with Crippen molar-refractivity contribution in [2.45, 2.75) is 51.5 Å². The molecule has 2 aromatic rings. The Morgan fingerprint density at radius 3 is 2.15 bits per heavy atom. The number of sulfonamides is 1. The third-order valence-corrected chi connectivity index (χ3v) is 6.99. The number of ether oxygens (including phenoxy) is 2. The molecule has 3 rings (SSSR count). The average molecular weight is 489 g/mol. The van der Waals surface area contributed by atoms with Crippen molar-refractivity contribution in [3.05, 3.63) is 71.8 Å². The van der Waals surface area contributed by atoms with Crippen LogP contribution in [0.4, 0.5) is 0 Å². The summed E-state index contributed by atoms with van der Waals surface area (Å²) in [6, 6.07) is 17.6. The Hall–Kier alpha value is -2.75. The van der Waals surface area contributed by atoms with Crippen molar-refractivity contribution < 1.29 is 27.5 Å². The normalized spacial score (nSPS) is 17.5. The second-order valence-corrected chi connectivity index (χ2v) is 10.4. The van der Waals surface area contributed by atoms with Gasteiger partial charge in [0.2, 0.25) is 15.9 Å². The van der Waals surface area contributed by atoms with E-state index in [1.165, 1.54) is 9.21 Å². The highest BCUT2D eigenvalue weighted by Crippen LogP contribution is 2.20. The van der Waals surface area contributed by atoms with Crippen LogP contribution in [0.5, 0.6) is 0 Å². The van der Waals surface area contributed by atoms with Crippen molar-refractivity contribution in [1.29, 1.82) is 0 Å². The lowest BCUT2D eigenvalue weighted by Gasteiger charge is -2.38. The van der Waals surface area contributed by atoms with E-state index in [0.717, 1.165) is 17.4 Å². The predicted octanol–water partition coefficient (Wildman–Crippen LogP) is 2.94. The maximum absolute atomic E-state index is 13.3. The van der Waals surface area contributed by atoms with Crippen LogP contribution in [0.3, 0.4) is 0 Å². The molecule has 8 nitrogen and oxygen atoms in total. The molecular formula is C25H32N2O6S. The molecule has 34 heavy (non-hydrogen) atoms. The van der Waals surface area contributed by atoms with Gasteiger partial charge in [-0.05, 0) is 30.9 Å². The molecule has 9 heteroatoms. The molecule has 0 radical (unpaired) electrons. The van der Waals surface area contributed by atoms with E-state index < -0.39 is 28.1 Å². The number of amides is 1. The lowest BCUT2D eigenvalue weighted by molar-refractivity contribution is -0.165. The van der Waals surface area contributed by atoms with Crippen LogP contribution in [0.15, 0.2) is 60.7 Å². The minimum Gasteiger partial charge on any atom is -0.459 e. The number of nitrogens with zero attached hydrogens (tertiary/aromatic N) is 2. The quantitative estimate of drug-likeness (QED) is 0.504. The first-order valence-electron chi connectivity index (χ1n) is 11.4. The molecule has 0 spiro atoms. The van der Waals surface area contributed by atoms with Crippen LogP contribution >= 0.6 is 0 Å². The van der Waals surface area contributed by atoms with Gasteiger partial charge in [-0.2, -0.15) is 4.31 Å². The van der Waals surface area contributed by atoms with Gasteiger partial charge in [-0.3, -0.25) is 4.79 Å². The van der Waals surface area contributed by atoms with E-state index in [4.69, 9.17) is 9.47 Å². The van der Waals surface area contributed by atoms with Crippen LogP contribution < -0.4 is 0 Å². The van der Waals surface area contributed by atoms with Gasteiger partial charge in [-0.1, -0.05) is 60.7 Å². The average Bonchev–Trinajstić information content (AvgIpc) is 2.81. The number of carbonyl (C=O) groups is 2. The number of esters is 1. The molecule has 1 amide bonds. The van der Waals surface area contributed by atoms with Gasteiger partial charge >= 0.3 is 5.97 Å². The molecule has 0 unspecified atom stereocenters.